The number of halogens is 1. The topological polar surface area (TPSA) is 72.9 Å². The van der Waals surface area contributed by atoms with Crippen LogP contribution in [0.5, 0.6) is 0 Å². The largest absolute Gasteiger partial charge is 0.481 e. The molecule has 24 heavy (non-hydrogen) atoms. The van der Waals surface area contributed by atoms with E-state index in [1.54, 1.807) is 11.0 Å². The van der Waals surface area contributed by atoms with Gasteiger partial charge in [0.25, 0.3) is 0 Å². The number of anilines is 1. The van der Waals surface area contributed by atoms with Crippen molar-refractivity contribution >= 4 is 17.7 Å². The lowest BCUT2D eigenvalue weighted by molar-refractivity contribution is -0.136. The highest BCUT2D eigenvalue weighted by Gasteiger charge is 2.30. The van der Waals surface area contributed by atoms with E-state index in [2.05, 4.69) is 10.2 Å². The maximum atomic E-state index is 13.3. The fraction of sp³-hybridized carbons (Fsp3) is 0.529. The number of piperidine rings is 1. The molecule has 130 valence electrons. The Morgan fingerprint density at radius 2 is 2.00 bits per heavy atom. The maximum Gasteiger partial charge on any atom is 0.317 e. The zero-order valence-electron chi connectivity index (χ0n) is 13.5. The average molecular weight is 335 g/mol. The Hall–Kier alpha value is -2.31. The summed E-state index contributed by atoms with van der Waals surface area (Å²) in [4.78, 5) is 26.5. The number of nitrogens with one attached hydrogen (secondary N) is 1. The second-order valence-corrected chi connectivity index (χ2v) is 6.31. The number of urea groups is 1. The Morgan fingerprint density at radius 1 is 1.25 bits per heavy atom. The summed E-state index contributed by atoms with van der Waals surface area (Å²) in [5.74, 6) is -1.11. The highest BCUT2D eigenvalue weighted by Crippen LogP contribution is 2.33. The van der Waals surface area contributed by atoms with Crippen molar-refractivity contribution in [2.75, 3.05) is 31.1 Å². The molecule has 6 nitrogen and oxygen atoms in total. The molecule has 0 aliphatic carbocycles. The molecule has 1 fully saturated rings. The third-order valence-corrected chi connectivity index (χ3v) is 4.78. The smallest absolute Gasteiger partial charge is 0.317 e. The molecule has 0 unspecified atom stereocenters. The van der Waals surface area contributed by atoms with Crippen LogP contribution in [-0.4, -0.2) is 54.2 Å². The first kappa shape index (κ1) is 16.5. The summed E-state index contributed by atoms with van der Waals surface area (Å²) in [6.07, 6.45) is 2.53. The number of benzene rings is 1. The van der Waals surface area contributed by atoms with Crippen LogP contribution in [-0.2, 0) is 11.2 Å². The van der Waals surface area contributed by atoms with Gasteiger partial charge < -0.3 is 20.2 Å². The number of hydrogen-bond acceptors (Lipinski definition) is 3. The molecule has 3 rings (SSSR count). The van der Waals surface area contributed by atoms with Gasteiger partial charge in [0.15, 0.2) is 0 Å². The Kier molecular flexibility index (Phi) is 4.87. The predicted molar refractivity (Wildman–Crippen MR) is 87.7 cm³/mol. The fourth-order valence-electron chi connectivity index (χ4n) is 3.54. The molecule has 0 saturated carbocycles. The van der Waals surface area contributed by atoms with Gasteiger partial charge in [0, 0.05) is 37.9 Å². The van der Waals surface area contributed by atoms with Gasteiger partial charge in [-0.1, -0.05) is 0 Å². The van der Waals surface area contributed by atoms with E-state index >= 15 is 0 Å². The van der Waals surface area contributed by atoms with Gasteiger partial charge in [-0.2, -0.15) is 0 Å². The van der Waals surface area contributed by atoms with Crippen molar-refractivity contribution in [1.82, 2.24) is 10.2 Å². The van der Waals surface area contributed by atoms with Gasteiger partial charge in [0.2, 0.25) is 0 Å². The summed E-state index contributed by atoms with van der Waals surface area (Å²) >= 11 is 0. The van der Waals surface area contributed by atoms with Gasteiger partial charge in [-0.25, -0.2) is 9.18 Å². The van der Waals surface area contributed by atoms with Crippen LogP contribution in [0.3, 0.4) is 0 Å². The Labute approximate surface area is 140 Å². The van der Waals surface area contributed by atoms with Crippen molar-refractivity contribution in [1.29, 1.82) is 0 Å². The molecule has 1 saturated heterocycles. The predicted octanol–water partition coefficient (Wildman–Crippen LogP) is 1.84. The van der Waals surface area contributed by atoms with Gasteiger partial charge in [-0.05, 0) is 43.0 Å². The number of rotatable bonds is 4. The summed E-state index contributed by atoms with van der Waals surface area (Å²) in [5, 5.41) is 11.2. The van der Waals surface area contributed by atoms with Crippen LogP contribution in [0.4, 0.5) is 14.9 Å². The van der Waals surface area contributed by atoms with Gasteiger partial charge in [0.1, 0.15) is 5.82 Å². The fourth-order valence-corrected chi connectivity index (χ4v) is 3.54. The number of amides is 2. The molecule has 2 heterocycles. The highest BCUT2D eigenvalue weighted by atomic mass is 19.1. The van der Waals surface area contributed by atoms with E-state index in [4.69, 9.17) is 5.11 Å². The molecule has 0 spiro atoms. The molecule has 0 bridgehead atoms. The van der Waals surface area contributed by atoms with Crippen LogP contribution in [0.25, 0.3) is 0 Å². The lowest BCUT2D eigenvalue weighted by Crippen LogP contribution is -2.49. The minimum Gasteiger partial charge on any atom is -0.481 e. The minimum atomic E-state index is -0.918. The zero-order chi connectivity index (χ0) is 17.1. The maximum absolute atomic E-state index is 13.3. The molecule has 2 N–H and O–H groups in total. The first-order chi connectivity index (χ1) is 11.5. The van der Waals surface area contributed by atoms with E-state index in [9.17, 15) is 14.0 Å². The van der Waals surface area contributed by atoms with Gasteiger partial charge in [0.05, 0.1) is 6.42 Å². The van der Waals surface area contributed by atoms with Crippen LogP contribution < -0.4 is 10.2 Å². The molecule has 1 aromatic carbocycles. The SMILES string of the molecule is O=C(O)CCNC(=O)N1CCC(N2CCc3cc(F)ccc32)CC1. The quantitative estimate of drug-likeness (QED) is 0.881. The van der Waals surface area contributed by atoms with E-state index in [1.165, 1.54) is 6.07 Å². The van der Waals surface area contributed by atoms with Crippen LogP contribution in [0.15, 0.2) is 18.2 Å². The molecule has 2 aliphatic rings. The Morgan fingerprint density at radius 3 is 2.71 bits per heavy atom. The molecule has 2 aliphatic heterocycles. The first-order valence-electron chi connectivity index (χ1n) is 8.34. The third kappa shape index (κ3) is 3.60. The van der Waals surface area contributed by atoms with Crippen molar-refractivity contribution < 1.29 is 19.1 Å². The van der Waals surface area contributed by atoms with Crippen molar-refractivity contribution in [3.63, 3.8) is 0 Å². The molecule has 2 amide bonds. The summed E-state index contributed by atoms with van der Waals surface area (Å²) in [6, 6.07) is 5.13. The molecule has 0 radical (unpaired) electrons. The number of fused-ring (bicyclic) bond motifs is 1. The lowest BCUT2D eigenvalue weighted by atomic mass is 10.0. The van der Waals surface area contributed by atoms with Crippen molar-refractivity contribution in [3.8, 4) is 0 Å². The first-order valence-corrected chi connectivity index (χ1v) is 8.34. The molecule has 1 aromatic rings. The second-order valence-electron chi connectivity index (χ2n) is 6.31. The number of carboxylic acids is 1. The Bertz CT molecular complexity index is 630. The van der Waals surface area contributed by atoms with Crippen LogP contribution >= 0.6 is 0 Å². The summed E-state index contributed by atoms with van der Waals surface area (Å²) in [5.41, 5.74) is 2.17. The summed E-state index contributed by atoms with van der Waals surface area (Å²) in [7, 11) is 0. The van der Waals surface area contributed by atoms with Crippen molar-refractivity contribution in [3.05, 3.63) is 29.6 Å². The molecular formula is C17H22FN3O3. The highest BCUT2D eigenvalue weighted by molar-refractivity contribution is 5.75. The summed E-state index contributed by atoms with van der Waals surface area (Å²) in [6.45, 7) is 2.35. The second kappa shape index (κ2) is 7.07. The lowest BCUT2D eigenvalue weighted by Gasteiger charge is -2.38. The van der Waals surface area contributed by atoms with E-state index in [1.807, 2.05) is 6.07 Å². The molecule has 0 atom stereocenters. The van der Waals surface area contributed by atoms with E-state index in [-0.39, 0.29) is 24.8 Å². The number of carbonyl (C=O) groups excluding carboxylic acids is 1. The van der Waals surface area contributed by atoms with Gasteiger partial charge in [-0.15, -0.1) is 0 Å². The van der Waals surface area contributed by atoms with Gasteiger partial charge >= 0.3 is 12.0 Å². The summed E-state index contributed by atoms with van der Waals surface area (Å²) < 4.78 is 13.3. The number of carbonyl (C=O) groups is 2. The van der Waals surface area contributed by atoms with Crippen LogP contribution in [0.2, 0.25) is 0 Å². The zero-order valence-corrected chi connectivity index (χ0v) is 13.5. The molecular weight excluding hydrogens is 313 g/mol. The normalized spacial score (nSPS) is 17.7. The van der Waals surface area contributed by atoms with E-state index in [0.29, 0.717) is 19.1 Å². The van der Waals surface area contributed by atoms with E-state index in [0.717, 1.165) is 37.1 Å². The number of hydrogen-bond donors (Lipinski definition) is 2. The Balaban J connectivity index is 1.51. The third-order valence-electron chi connectivity index (χ3n) is 4.78. The van der Waals surface area contributed by atoms with Crippen molar-refractivity contribution in [2.24, 2.45) is 0 Å². The minimum absolute atomic E-state index is 0.0661. The number of aliphatic carboxylic acids is 1. The van der Waals surface area contributed by atoms with Crippen LogP contribution in [0.1, 0.15) is 24.8 Å². The number of nitrogens with zero attached hydrogens (tertiary/aromatic N) is 2. The number of likely N-dealkylation sites (tertiary alicyclic amines) is 1. The average Bonchev–Trinajstić information content (AvgIpc) is 2.97. The number of carboxylic acid groups (broad SMARTS) is 1. The standard InChI is InChI=1S/C17H22FN3O3/c18-13-1-2-15-12(11-13)4-10-21(15)14-5-8-20(9-6-14)17(24)19-7-3-16(22)23/h1-2,11,14H,3-10H2,(H,19,24)(H,22,23). The van der Waals surface area contributed by atoms with Gasteiger partial charge in [-0.3, -0.25) is 4.79 Å². The monoisotopic (exact) mass is 335 g/mol. The van der Waals surface area contributed by atoms with Crippen molar-refractivity contribution in [2.45, 2.75) is 31.7 Å². The van der Waals surface area contributed by atoms with E-state index < -0.39 is 5.97 Å². The molecule has 0 aromatic heterocycles. The molecule has 7 heteroatoms. The van der Waals surface area contributed by atoms with Crippen LogP contribution in [0, 0.1) is 5.82 Å².